The summed E-state index contributed by atoms with van der Waals surface area (Å²) in [6.45, 7) is 1.75. The minimum absolute atomic E-state index is 0.311. The summed E-state index contributed by atoms with van der Waals surface area (Å²) < 4.78 is 18.4. The molecule has 0 aliphatic heterocycles. The summed E-state index contributed by atoms with van der Waals surface area (Å²) in [6, 6.07) is 5.81. The van der Waals surface area contributed by atoms with Crippen LogP contribution in [0.1, 0.15) is 15.9 Å². The second kappa shape index (κ2) is 4.74. The largest absolute Gasteiger partial charge is 0.455 e. The third-order valence-corrected chi connectivity index (χ3v) is 2.24. The van der Waals surface area contributed by atoms with E-state index in [1.807, 2.05) is 0 Å². The average Bonchev–Trinajstić information content (AvgIpc) is 2.33. The number of ether oxygens (including phenoxy) is 1. The lowest BCUT2D eigenvalue weighted by Gasteiger charge is -2.08. The van der Waals surface area contributed by atoms with Gasteiger partial charge in [0.1, 0.15) is 17.3 Å². The molecule has 3 nitrogen and oxygen atoms in total. The summed E-state index contributed by atoms with van der Waals surface area (Å²) in [7, 11) is 0. The first-order chi connectivity index (χ1) is 8.19. The average molecular weight is 231 g/mol. The van der Waals surface area contributed by atoms with Crippen LogP contribution < -0.4 is 4.74 Å². The van der Waals surface area contributed by atoms with Crippen molar-refractivity contribution in [3.63, 3.8) is 0 Å². The first-order valence-electron chi connectivity index (χ1n) is 5.03. The van der Waals surface area contributed by atoms with Gasteiger partial charge in [0.05, 0.1) is 6.20 Å². The summed E-state index contributed by atoms with van der Waals surface area (Å²) in [5.41, 5.74) is 1.11. The molecule has 86 valence electrons. The van der Waals surface area contributed by atoms with Gasteiger partial charge in [-0.05, 0) is 36.8 Å². The van der Waals surface area contributed by atoms with Crippen molar-refractivity contribution in [3.05, 3.63) is 53.6 Å². The number of hydrogen-bond donors (Lipinski definition) is 0. The summed E-state index contributed by atoms with van der Waals surface area (Å²) >= 11 is 0. The van der Waals surface area contributed by atoms with Crippen LogP contribution in [-0.4, -0.2) is 11.3 Å². The van der Waals surface area contributed by atoms with Crippen LogP contribution in [0.2, 0.25) is 0 Å². The van der Waals surface area contributed by atoms with Gasteiger partial charge >= 0.3 is 0 Å². The normalized spacial score (nSPS) is 10.0. The molecule has 2 aromatic rings. The van der Waals surface area contributed by atoms with Gasteiger partial charge in [0.2, 0.25) is 0 Å². The van der Waals surface area contributed by atoms with Crippen LogP contribution in [0, 0.1) is 12.7 Å². The Morgan fingerprint density at radius 2 is 2.12 bits per heavy atom. The lowest BCUT2D eigenvalue weighted by Crippen LogP contribution is -1.91. The molecule has 4 heteroatoms. The molecule has 0 aliphatic rings. The molecule has 0 saturated heterocycles. The van der Waals surface area contributed by atoms with Gasteiger partial charge in [-0.3, -0.25) is 9.78 Å². The molecule has 0 atom stereocenters. The molecule has 1 aromatic heterocycles. The van der Waals surface area contributed by atoms with E-state index in [-0.39, 0.29) is 5.82 Å². The Kier molecular flexibility index (Phi) is 3.14. The number of rotatable bonds is 3. The molecule has 0 radical (unpaired) electrons. The van der Waals surface area contributed by atoms with Gasteiger partial charge in [-0.25, -0.2) is 4.39 Å². The predicted octanol–water partition coefficient (Wildman–Crippen LogP) is 3.13. The Morgan fingerprint density at radius 1 is 1.29 bits per heavy atom. The summed E-state index contributed by atoms with van der Waals surface area (Å²) in [5, 5.41) is 0. The van der Waals surface area contributed by atoms with Crippen molar-refractivity contribution in [1.82, 2.24) is 4.98 Å². The van der Waals surface area contributed by atoms with Crippen molar-refractivity contribution >= 4 is 6.29 Å². The van der Waals surface area contributed by atoms with E-state index < -0.39 is 0 Å². The molecule has 0 amide bonds. The molecular formula is C13H10FNO2. The number of aromatic nitrogens is 1. The minimum atomic E-state index is -0.311. The Bertz CT molecular complexity index is 555. The van der Waals surface area contributed by atoms with Crippen LogP contribution in [-0.2, 0) is 0 Å². The second-order valence-corrected chi connectivity index (χ2v) is 3.58. The Balaban J connectivity index is 2.27. The fourth-order valence-electron chi connectivity index (χ4n) is 1.41. The van der Waals surface area contributed by atoms with E-state index in [0.717, 1.165) is 0 Å². The van der Waals surface area contributed by atoms with E-state index >= 15 is 0 Å². The molecule has 0 N–H and O–H groups in total. The number of hydrogen-bond acceptors (Lipinski definition) is 3. The molecule has 17 heavy (non-hydrogen) atoms. The molecule has 1 heterocycles. The van der Waals surface area contributed by atoms with Crippen LogP contribution >= 0.6 is 0 Å². The van der Waals surface area contributed by atoms with Crippen LogP contribution in [0.15, 0.2) is 36.7 Å². The van der Waals surface area contributed by atoms with Crippen molar-refractivity contribution in [3.8, 4) is 11.5 Å². The van der Waals surface area contributed by atoms with Crippen LogP contribution in [0.3, 0.4) is 0 Å². The molecule has 0 fully saturated rings. The quantitative estimate of drug-likeness (QED) is 0.762. The molecule has 2 rings (SSSR count). The van der Waals surface area contributed by atoms with Crippen molar-refractivity contribution in [2.75, 3.05) is 0 Å². The topological polar surface area (TPSA) is 39.2 Å². The number of carbonyl (C=O) groups excluding carboxylic acids is 1. The summed E-state index contributed by atoms with van der Waals surface area (Å²) in [5.74, 6) is 0.676. The van der Waals surface area contributed by atoms with Gasteiger partial charge in [-0.15, -0.1) is 0 Å². The monoisotopic (exact) mass is 231 g/mol. The van der Waals surface area contributed by atoms with E-state index in [9.17, 15) is 9.18 Å². The summed E-state index contributed by atoms with van der Waals surface area (Å²) in [6.07, 6.45) is 3.63. The highest BCUT2D eigenvalue weighted by atomic mass is 19.1. The minimum Gasteiger partial charge on any atom is -0.455 e. The third kappa shape index (κ3) is 2.66. The van der Waals surface area contributed by atoms with Crippen molar-refractivity contribution in [2.45, 2.75) is 6.92 Å². The fraction of sp³-hybridized carbons (Fsp3) is 0.0769. The van der Waals surface area contributed by atoms with Gasteiger partial charge in [0.25, 0.3) is 0 Å². The van der Waals surface area contributed by atoms with Gasteiger partial charge in [0.15, 0.2) is 6.29 Å². The molecule has 0 unspecified atom stereocenters. The van der Waals surface area contributed by atoms with Crippen molar-refractivity contribution in [1.29, 1.82) is 0 Å². The van der Waals surface area contributed by atoms with E-state index in [2.05, 4.69) is 4.98 Å². The van der Waals surface area contributed by atoms with E-state index in [1.165, 1.54) is 30.6 Å². The SMILES string of the molecule is Cc1cc(F)ccc1Oc1cncc(C=O)c1. The maximum atomic E-state index is 12.9. The molecule has 1 aromatic carbocycles. The molecule has 0 bridgehead atoms. The number of aldehydes is 1. The summed E-state index contributed by atoms with van der Waals surface area (Å²) in [4.78, 5) is 14.4. The number of aryl methyl sites for hydroxylation is 1. The molecule has 0 spiro atoms. The van der Waals surface area contributed by atoms with Gasteiger partial charge in [-0.1, -0.05) is 0 Å². The Hall–Kier alpha value is -2.23. The first-order valence-corrected chi connectivity index (χ1v) is 5.03. The standard InChI is InChI=1S/C13H10FNO2/c1-9-4-11(14)2-3-13(9)17-12-5-10(8-16)6-15-7-12/h2-8H,1H3. The fourth-order valence-corrected chi connectivity index (χ4v) is 1.41. The van der Waals surface area contributed by atoms with Crippen LogP contribution in [0.25, 0.3) is 0 Å². The van der Waals surface area contributed by atoms with Crippen LogP contribution in [0.4, 0.5) is 4.39 Å². The lowest BCUT2D eigenvalue weighted by atomic mass is 10.2. The predicted molar refractivity (Wildman–Crippen MR) is 60.8 cm³/mol. The Morgan fingerprint density at radius 3 is 2.82 bits per heavy atom. The second-order valence-electron chi connectivity index (χ2n) is 3.58. The molecule has 0 saturated carbocycles. The maximum absolute atomic E-state index is 12.9. The van der Waals surface area contributed by atoms with E-state index in [1.54, 1.807) is 13.0 Å². The van der Waals surface area contributed by atoms with Gasteiger partial charge in [0, 0.05) is 11.8 Å². The zero-order valence-corrected chi connectivity index (χ0v) is 9.18. The highest BCUT2D eigenvalue weighted by molar-refractivity contribution is 5.74. The maximum Gasteiger partial charge on any atom is 0.151 e. The van der Waals surface area contributed by atoms with Crippen LogP contribution in [0.5, 0.6) is 11.5 Å². The van der Waals surface area contributed by atoms with Gasteiger partial charge < -0.3 is 4.74 Å². The Labute approximate surface area is 97.9 Å². The zero-order chi connectivity index (χ0) is 12.3. The molecular weight excluding hydrogens is 221 g/mol. The van der Waals surface area contributed by atoms with Crippen molar-refractivity contribution in [2.24, 2.45) is 0 Å². The van der Waals surface area contributed by atoms with E-state index in [4.69, 9.17) is 4.74 Å². The first kappa shape index (κ1) is 11.3. The number of benzene rings is 1. The van der Waals surface area contributed by atoms with Gasteiger partial charge in [-0.2, -0.15) is 0 Å². The highest BCUT2D eigenvalue weighted by Gasteiger charge is 2.03. The number of pyridine rings is 1. The number of carbonyl (C=O) groups is 1. The number of halogens is 1. The smallest absolute Gasteiger partial charge is 0.151 e. The zero-order valence-electron chi connectivity index (χ0n) is 9.18. The highest BCUT2D eigenvalue weighted by Crippen LogP contribution is 2.25. The lowest BCUT2D eigenvalue weighted by molar-refractivity contribution is 0.112. The van der Waals surface area contributed by atoms with Crippen molar-refractivity contribution < 1.29 is 13.9 Å². The third-order valence-electron chi connectivity index (χ3n) is 2.24. The van der Waals surface area contributed by atoms with E-state index in [0.29, 0.717) is 28.9 Å². The molecule has 0 aliphatic carbocycles. The number of nitrogens with zero attached hydrogens (tertiary/aromatic N) is 1.